The number of nitrogens with one attached hydrogen (secondary N) is 1. The van der Waals surface area contributed by atoms with Crippen LogP contribution in [0.5, 0.6) is 5.75 Å². The number of Topliss-reactive ketones (excluding diaryl/α,β-unsaturated/α-hetero) is 1. The van der Waals surface area contributed by atoms with Crippen molar-refractivity contribution < 1.29 is 24.2 Å². The van der Waals surface area contributed by atoms with E-state index in [1.807, 2.05) is 13.0 Å². The topological polar surface area (TPSA) is 105 Å². The Labute approximate surface area is 180 Å². The summed E-state index contributed by atoms with van der Waals surface area (Å²) in [7, 11) is 1.60. The van der Waals surface area contributed by atoms with Crippen molar-refractivity contribution in [2.24, 2.45) is 0 Å². The Hall–Kier alpha value is -3.39. The molecule has 1 aromatic heterocycles. The number of ketones is 1. The number of aromatic nitrogens is 2. The minimum Gasteiger partial charge on any atom is -0.507 e. The van der Waals surface area contributed by atoms with E-state index in [1.54, 1.807) is 25.0 Å². The first-order chi connectivity index (χ1) is 14.9. The minimum atomic E-state index is -0.321. The number of nitrogens with zero attached hydrogens (tertiary/aromatic N) is 2. The molecule has 2 heterocycles. The molecule has 1 aliphatic heterocycles. The quantitative estimate of drug-likeness (QED) is 0.276. The maximum absolute atomic E-state index is 13.2. The molecule has 0 unspecified atom stereocenters. The number of aromatic amines is 1. The number of phenols is 1. The summed E-state index contributed by atoms with van der Waals surface area (Å²) < 4.78 is 10.6. The number of carbonyl (C=O) groups excluding carboxylic acids is 2. The third kappa shape index (κ3) is 4.69. The number of ether oxygens (including phenoxy) is 2. The van der Waals surface area contributed by atoms with Gasteiger partial charge in [-0.1, -0.05) is 13.5 Å². The van der Waals surface area contributed by atoms with Crippen LogP contribution in [0.1, 0.15) is 41.1 Å². The summed E-state index contributed by atoms with van der Waals surface area (Å²) in [5.74, 6) is -0.00960. The van der Waals surface area contributed by atoms with Crippen LogP contribution in [0.25, 0.3) is 10.9 Å². The first-order valence-corrected chi connectivity index (χ1v) is 10.1. The van der Waals surface area contributed by atoms with E-state index in [4.69, 9.17) is 9.47 Å². The summed E-state index contributed by atoms with van der Waals surface area (Å²) in [6.07, 6.45) is 3.78. The van der Waals surface area contributed by atoms with Crippen molar-refractivity contribution in [2.75, 3.05) is 33.4 Å². The van der Waals surface area contributed by atoms with E-state index in [1.165, 1.54) is 12.1 Å². The van der Waals surface area contributed by atoms with E-state index in [2.05, 4.69) is 16.8 Å². The van der Waals surface area contributed by atoms with Crippen LogP contribution in [0.2, 0.25) is 0 Å². The molecule has 2 N–H and O–H groups in total. The third-order valence-electron chi connectivity index (χ3n) is 5.19. The number of hydrogen-bond donors (Lipinski definition) is 2. The number of phenolic OH excluding ortho intramolecular Hbond substituents is 1. The van der Waals surface area contributed by atoms with Crippen LogP contribution in [-0.2, 0) is 9.47 Å². The van der Waals surface area contributed by atoms with E-state index in [0.29, 0.717) is 49.4 Å². The first kappa shape index (κ1) is 22.3. The molecule has 8 nitrogen and oxygen atoms in total. The number of allylic oxidation sites excluding steroid dienone is 1. The monoisotopic (exact) mass is 425 g/mol. The number of benzene rings is 1. The molecule has 8 heteroatoms. The maximum Gasteiger partial charge on any atom is 0.258 e. The normalized spacial score (nSPS) is 14.4. The zero-order valence-electron chi connectivity index (χ0n) is 18.0. The van der Waals surface area contributed by atoms with Gasteiger partial charge in [0.25, 0.3) is 5.91 Å². The van der Waals surface area contributed by atoms with Gasteiger partial charge in [-0.05, 0) is 36.3 Å². The largest absolute Gasteiger partial charge is 0.507 e. The lowest BCUT2D eigenvalue weighted by atomic mass is 10.1. The zero-order chi connectivity index (χ0) is 22.5. The summed E-state index contributed by atoms with van der Waals surface area (Å²) in [5, 5.41) is 17.7. The summed E-state index contributed by atoms with van der Waals surface area (Å²) in [5.41, 5.74) is 2.89. The van der Waals surface area contributed by atoms with Crippen molar-refractivity contribution >= 4 is 22.6 Å². The Bertz CT molecular complexity index is 1080. The van der Waals surface area contributed by atoms with Crippen LogP contribution in [0, 0.1) is 0 Å². The molecule has 1 aliphatic rings. The standard InChI is InChI=1S/C23H27N3O5/c1-5-16(31-8-7-30-4)9-15-13-26(12-14(15)3)23(29)18-10-17-19(11-21(18)28)24-25-22(17)20(27)6-2/h5,9-11,28H,1,6-8,12-13H2,2-4H3,(H,24,25)/b16-9+. The van der Waals surface area contributed by atoms with Crippen molar-refractivity contribution in [3.63, 3.8) is 0 Å². The SMILES string of the molecule is C=C/C(=C\C1=C(C)CN(C(=O)c2cc3c(C(=O)CC)n[nH]c3cc2O)C1)OCCOC. The fourth-order valence-corrected chi connectivity index (χ4v) is 3.45. The molecule has 1 amide bonds. The number of aromatic hydroxyl groups is 1. The zero-order valence-corrected chi connectivity index (χ0v) is 18.0. The van der Waals surface area contributed by atoms with E-state index >= 15 is 0 Å². The van der Waals surface area contributed by atoms with E-state index in [9.17, 15) is 14.7 Å². The smallest absolute Gasteiger partial charge is 0.258 e. The summed E-state index contributed by atoms with van der Waals surface area (Å²) in [4.78, 5) is 27.0. The predicted molar refractivity (Wildman–Crippen MR) is 117 cm³/mol. The lowest BCUT2D eigenvalue weighted by molar-refractivity contribution is 0.0793. The molecule has 1 aromatic carbocycles. The molecule has 3 rings (SSSR count). The second kappa shape index (κ2) is 9.61. The van der Waals surface area contributed by atoms with Gasteiger partial charge in [0, 0.05) is 38.1 Å². The van der Waals surface area contributed by atoms with Crippen molar-refractivity contribution in [1.82, 2.24) is 15.1 Å². The Morgan fingerprint density at radius 2 is 2.10 bits per heavy atom. The van der Waals surface area contributed by atoms with Crippen LogP contribution < -0.4 is 0 Å². The second-order valence-corrected chi connectivity index (χ2v) is 7.32. The highest BCUT2D eigenvalue weighted by molar-refractivity contribution is 6.09. The Kier molecular flexibility index (Phi) is 6.91. The molecule has 0 saturated heterocycles. The molecule has 0 fully saturated rings. The third-order valence-corrected chi connectivity index (χ3v) is 5.19. The molecule has 0 aliphatic carbocycles. The number of amides is 1. The average molecular weight is 425 g/mol. The molecule has 164 valence electrons. The lowest BCUT2D eigenvalue weighted by Gasteiger charge is -2.17. The van der Waals surface area contributed by atoms with E-state index in [0.717, 1.165) is 11.1 Å². The first-order valence-electron chi connectivity index (χ1n) is 10.1. The van der Waals surface area contributed by atoms with Gasteiger partial charge in [0.15, 0.2) is 5.78 Å². The van der Waals surface area contributed by atoms with Gasteiger partial charge in [-0.15, -0.1) is 0 Å². The second-order valence-electron chi connectivity index (χ2n) is 7.32. The Morgan fingerprint density at radius 1 is 1.32 bits per heavy atom. The predicted octanol–water partition coefficient (Wildman–Crippen LogP) is 3.37. The molecular formula is C23H27N3O5. The van der Waals surface area contributed by atoms with Gasteiger partial charge in [-0.3, -0.25) is 14.7 Å². The molecule has 0 spiro atoms. The van der Waals surface area contributed by atoms with Gasteiger partial charge in [-0.25, -0.2) is 0 Å². The number of fused-ring (bicyclic) bond motifs is 1. The molecule has 31 heavy (non-hydrogen) atoms. The van der Waals surface area contributed by atoms with Crippen molar-refractivity contribution in [1.29, 1.82) is 0 Å². The highest BCUT2D eigenvalue weighted by Crippen LogP contribution is 2.29. The highest BCUT2D eigenvalue weighted by Gasteiger charge is 2.27. The van der Waals surface area contributed by atoms with Crippen LogP contribution >= 0.6 is 0 Å². The van der Waals surface area contributed by atoms with Crippen molar-refractivity contribution in [2.45, 2.75) is 20.3 Å². The Balaban J connectivity index is 1.83. The van der Waals surface area contributed by atoms with Gasteiger partial charge in [0.2, 0.25) is 0 Å². The summed E-state index contributed by atoms with van der Waals surface area (Å²) in [6.45, 7) is 9.14. The summed E-state index contributed by atoms with van der Waals surface area (Å²) >= 11 is 0. The van der Waals surface area contributed by atoms with Crippen LogP contribution in [0.3, 0.4) is 0 Å². The van der Waals surface area contributed by atoms with Gasteiger partial charge in [0.05, 0.1) is 17.7 Å². The minimum absolute atomic E-state index is 0.133. The maximum atomic E-state index is 13.2. The van der Waals surface area contributed by atoms with E-state index < -0.39 is 0 Å². The lowest BCUT2D eigenvalue weighted by Crippen LogP contribution is -2.29. The molecular weight excluding hydrogens is 398 g/mol. The average Bonchev–Trinajstić information content (AvgIpc) is 3.34. The van der Waals surface area contributed by atoms with E-state index in [-0.39, 0.29) is 28.7 Å². The summed E-state index contributed by atoms with van der Waals surface area (Å²) in [6, 6.07) is 2.96. The van der Waals surface area contributed by atoms with Gasteiger partial charge in [-0.2, -0.15) is 5.10 Å². The number of carbonyl (C=O) groups is 2. The fourth-order valence-electron chi connectivity index (χ4n) is 3.45. The molecule has 0 saturated carbocycles. The van der Waals surface area contributed by atoms with Gasteiger partial charge in [0.1, 0.15) is 23.8 Å². The van der Waals surface area contributed by atoms with Crippen molar-refractivity contribution in [3.05, 3.63) is 59.0 Å². The highest BCUT2D eigenvalue weighted by atomic mass is 16.5. The fraction of sp³-hybridized carbons (Fsp3) is 0.348. The number of hydrogen-bond acceptors (Lipinski definition) is 6. The van der Waals surface area contributed by atoms with Gasteiger partial charge >= 0.3 is 0 Å². The molecule has 2 aromatic rings. The molecule has 0 bridgehead atoms. The molecule has 0 radical (unpaired) electrons. The number of rotatable bonds is 9. The van der Waals surface area contributed by atoms with Crippen LogP contribution in [0.15, 0.2) is 47.8 Å². The van der Waals surface area contributed by atoms with Crippen LogP contribution in [-0.4, -0.2) is 65.3 Å². The Morgan fingerprint density at radius 3 is 2.77 bits per heavy atom. The number of methoxy groups -OCH3 is 1. The number of H-pyrrole nitrogens is 1. The van der Waals surface area contributed by atoms with Crippen molar-refractivity contribution in [3.8, 4) is 5.75 Å². The molecule has 0 atom stereocenters. The van der Waals surface area contributed by atoms with Crippen LogP contribution in [0.4, 0.5) is 0 Å². The van der Waals surface area contributed by atoms with Gasteiger partial charge < -0.3 is 19.5 Å².